The third kappa shape index (κ3) is 4.16. The molecule has 0 bridgehead atoms. The number of halogens is 2. The summed E-state index contributed by atoms with van der Waals surface area (Å²) >= 11 is 12.7. The molecule has 1 unspecified atom stereocenters. The molecular weight excluding hydrogens is 475 g/mol. The predicted octanol–water partition coefficient (Wildman–Crippen LogP) is 4.14. The maximum Gasteiger partial charge on any atom is 0.355 e. The summed E-state index contributed by atoms with van der Waals surface area (Å²) in [6, 6.07) is 3.45. The second-order valence-corrected chi connectivity index (χ2v) is 9.50. The van der Waals surface area contributed by atoms with Crippen LogP contribution in [-0.4, -0.2) is 56.0 Å². The van der Waals surface area contributed by atoms with E-state index in [2.05, 4.69) is 21.5 Å². The molecule has 0 radical (unpaired) electrons. The van der Waals surface area contributed by atoms with Crippen LogP contribution in [0.4, 0.5) is 5.82 Å². The molecule has 4 heterocycles. The molecule has 8 nitrogen and oxygen atoms in total. The highest BCUT2D eigenvalue weighted by molar-refractivity contribution is 6.41. The number of aryl methyl sites for hydroxylation is 1. The number of rotatable bonds is 4. The fourth-order valence-electron chi connectivity index (χ4n) is 4.39. The molecule has 1 amide bonds. The predicted molar refractivity (Wildman–Crippen MR) is 135 cm³/mol. The maximum absolute atomic E-state index is 13.5. The van der Waals surface area contributed by atoms with Crippen LogP contribution in [0.3, 0.4) is 0 Å². The van der Waals surface area contributed by atoms with Gasteiger partial charge >= 0.3 is 5.69 Å². The van der Waals surface area contributed by atoms with E-state index in [1.54, 1.807) is 17.2 Å². The standard InChI is InChI=1S/C24H26Cl2N6O2/c1-6-18(33)30-9-10-31(15(5)12-30)22-16-11-17(25)21(26)28-23(16)32(24(34)29-22)20-14(4)7-8-27-19(20)13(2)3/h6-8,11,13,15H,1,9-10,12H2,2-5H3. The van der Waals surface area contributed by atoms with Crippen LogP contribution in [0.1, 0.15) is 37.9 Å². The molecule has 1 aliphatic rings. The van der Waals surface area contributed by atoms with Gasteiger partial charge in [0.05, 0.1) is 21.8 Å². The molecule has 3 aromatic rings. The van der Waals surface area contributed by atoms with Gasteiger partial charge in [0.2, 0.25) is 5.91 Å². The normalized spacial score (nSPS) is 16.4. The zero-order valence-corrected chi connectivity index (χ0v) is 21.1. The van der Waals surface area contributed by atoms with Gasteiger partial charge in [-0.15, -0.1) is 0 Å². The van der Waals surface area contributed by atoms with E-state index in [1.165, 1.54) is 10.6 Å². The van der Waals surface area contributed by atoms with E-state index in [4.69, 9.17) is 23.2 Å². The molecular formula is C24H26Cl2N6O2. The molecule has 0 saturated carbocycles. The van der Waals surface area contributed by atoms with Gasteiger partial charge in [-0.1, -0.05) is 43.6 Å². The van der Waals surface area contributed by atoms with Crippen LogP contribution < -0.4 is 10.6 Å². The highest BCUT2D eigenvalue weighted by Crippen LogP contribution is 2.33. The Hall–Kier alpha value is -2.97. The second-order valence-electron chi connectivity index (χ2n) is 8.73. The third-order valence-corrected chi connectivity index (χ3v) is 6.74. The van der Waals surface area contributed by atoms with Crippen molar-refractivity contribution in [3.8, 4) is 5.69 Å². The molecule has 0 aromatic carbocycles. The maximum atomic E-state index is 13.5. The van der Waals surface area contributed by atoms with Gasteiger partial charge in [-0.3, -0.25) is 9.78 Å². The summed E-state index contributed by atoms with van der Waals surface area (Å²) in [5, 5.41) is 0.964. The summed E-state index contributed by atoms with van der Waals surface area (Å²) in [7, 11) is 0. The van der Waals surface area contributed by atoms with Crippen LogP contribution in [0.5, 0.6) is 0 Å². The Morgan fingerprint density at radius 3 is 2.65 bits per heavy atom. The first-order chi connectivity index (χ1) is 16.1. The lowest BCUT2D eigenvalue weighted by Gasteiger charge is -2.40. The van der Waals surface area contributed by atoms with Crippen molar-refractivity contribution in [2.45, 2.75) is 39.7 Å². The van der Waals surface area contributed by atoms with E-state index in [0.29, 0.717) is 42.2 Å². The van der Waals surface area contributed by atoms with E-state index in [9.17, 15) is 9.59 Å². The minimum Gasteiger partial charge on any atom is -0.350 e. The smallest absolute Gasteiger partial charge is 0.350 e. The molecule has 1 saturated heterocycles. The highest BCUT2D eigenvalue weighted by Gasteiger charge is 2.30. The zero-order valence-electron chi connectivity index (χ0n) is 19.5. The van der Waals surface area contributed by atoms with Gasteiger partial charge in [0.25, 0.3) is 0 Å². The quantitative estimate of drug-likeness (QED) is 0.395. The fourth-order valence-corrected chi connectivity index (χ4v) is 4.68. The summed E-state index contributed by atoms with van der Waals surface area (Å²) < 4.78 is 1.47. The van der Waals surface area contributed by atoms with Gasteiger partial charge in [-0.05, 0) is 43.5 Å². The Labute approximate surface area is 207 Å². The van der Waals surface area contributed by atoms with Crippen molar-refractivity contribution in [2.24, 2.45) is 0 Å². The van der Waals surface area contributed by atoms with Gasteiger partial charge in [0, 0.05) is 31.9 Å². The Balaban J connectivity index is 1.96. The van der Waals surface area contributed by atoms with E-state index >= 15 is 0 Å². The number of carbonyl (C=O) groups excluding carboxylic acids is 1. The summed E-state index contributed by atoms with van der Waals surface area (Å²) in [4.78, 5) is 42.9. The van der Waals surface area contributed by atoms with Crippen LogP contribution in [0.25, 0.3) is 16.7 Å². The molecule has 0 N–H and O–H groups in total. The SMILES string of the molecule is C=CC(=O)N1CCN(c2nc(=O)n(-c3c(C)ccnc3C(C)C)c3nc(Cl)c(Cl)cc23)C(C)C1. The van der Waals surface area contributed by atoms with Crippen molar-refractivity contribution in [1.29, 1.82) is 0 Å². The van der Waals surface area contributed by atoms with Crippen molar-refractivity contribution in [2.75, 3.05) is 24.5 Å². The van der Waals surface area contributed by atoms with E-state index in [1.807, 2.05) is 38.7 Å². The van der Waals surface area contributed by atoms with Crippen molar-refractivity contribution < 1.29 is 4.79 Å². The van der Waals surface area contributed by atoms with E-state index < -0.39 is 5.69 Å². The van der Waals surface area contributed by atoms with E-state index in [0.717, 1.165) is 11.3 Å². The molecule has 1 atom stereocenters. The Bertz CT molecular complexity index is 1350. The topological polar surface area (TPSA) is 84.2 Å². The van der Waals surface area contributed by atoms with Crippen LogP contribution in [0.15, 0.2) is 35.8 Å². The first-order valence-electron chi connectivity index (χ1n) is 11.1. The van der Waals surface area contributed by atoms with Crippen LogP contribution in [-0.2, 0) is 4.79 Å². The van der Waals surface area contributed by atoms with Crippen molar-refractivity contribution in [3.05, 3.63) is 62.9 Å². The molecule has 1 fully saturated rings. The van der Waals surface area contributed by atoms with Crippen molar-refractivity contribution in [3.63, 3.8) is 0 Å². The lowest BCUT2D eigenvalue weighted by molar-refractivity contribution is -0.126. The number of amides is 1. The monoisotopic (exact) mass is 500 g/mol. The molecule has 34 heavy (non-hydrogen) atoms. The summed E-state index contributed by atoms with van der Waals surface area (Å²) in [6.07, 6.45) is 3.04. The zero-order chi connectivity index (χ0) is 24.7. The Morgan fingerprint density at radius 2 is 2.00 bits per heavy atom. The summed E-state index contributed by atoms with van der Waals surface area (Å²) in [5.41, 5.74) is 2.15. The Morgan fingerprint density at radius 1 is 1.26 bits per heavy atom. The highest BCUT2D eigenvalue weighted by atomic mass is 35.5. The molecule has 0 spiro atoms. The number of hydrogen-bond donors (Lipinski definition) is 0. The van der Waals surface area contributed by atoms with Crippen LogP contribution in [0.2, 0.25) is 10.2 Å². The number of pyridine rings is 2. The number of nitrogens with zero attached hydrogens (tertiary/aromatic N) is 6. The van der Waals surface area contributed by atoms with E-state index in [-0.39, 0.29) is 28.0 Å². The number of piperazine rings is 1. The van der Waals surface area contributed by atoms with Crippen molar-refractivity contribution >= 4 is 46.0 Å². The second kappa shape index (κ2) is 9.35. The summed E-state index contributed by atoms with van der Waals surface area (Å²) in [5.74, 6) is 0.410. The third-order valence-electron chi connectivity index (χ3n) is 6.07. The average Bonchev–Trinajstić information content (AvgIpc) is 2.79. The van der Waals surface area contributed by atoms with Gasteiger partial charge in [-0.25, -0.2) is 14.3 Å². The largest absolute Gasteiger partial charge is 0.355 e. The molecule has 1 aliphatic heterocycles. The van der Waals surface area contributed by atoms with Crippen LogP contribution in [0, 0.1) is 6.92 Å². The number of hydrogen-bond acceptors (Lipinski definition) is 6. The number of fused-ring (bicyclic) bond motifs is 1. The molecule has 3 aromatic heterocycles. The number of carbonyl (C=O) groups is 1. The van der Waals surface area contributed by atoms with Crippen LogP contribution >= 0.6 is 23.2 Å². The van der Waals surface area contributed by atoms with Gasteiger partial charge in [-0.2, -0.15) is 4.98 Å². The molecule has 10 heteroatoms. The Kier molecular flexibility index (Phi) is 6.64. The lowest BCUT2D eigenvalue weighted by Crippen LogP contribution is -2.54. The average molecular weight is 501 g/mol. The lowest BCUT2D eigenvalue weighted by atomic mass is 10.0. The molecule has 0 aliphatic carbocycles. The van der Waals surface area contributed by atoms with Gasteiger partial charge in [0.15, 0.2) is 5.65 Å². The minimum atomic E-state index is -0.483. The molecule has 4 rings (SSSR count). The number of aromatic nitrogens is 4. The minimum absolute atomic E-state index is 0.0646. The van der Waals surface area contributed by atoms with Gasteiger partial charge in [0.1, 0.15) is 11.0 Å². The first-order valence-corrected chi connectivity index (χ1v) is 11.8. The summed E-state index contributed by atoms with van der Waals surface area (Å²) in [6.45, 7) is 13.0. The van der Waals surface area contributed by atoms with Gasteiger partial charge < -0.3 is 9.80 Å². The molecule has 178 valence electrons. The first kappa shape index (κ1) is 24.2. The fraction of sp³-hybridized carbons (Fsp3) is 0.375. The number of anilines is 1. The van der Waals surface area contributed by atoms with Crippen molar-refractivity contribution in [1.82, 2.24) is 24.4 Å².